The number of nitrogens with one attached hydrogen (secondary N) is 3. The lowest BCUT2D eigenvalue weighted by atomic mass is 9.86. The predicted molar refractivity (Wildman–Crippen MR) is 184 cm³/mol. The third-order valence-corrected chi connectivity index (χ3v) is 9.00. The lowest BCUT2D eigenvalue weighted by molar-refractivity contribution is 0.102. The minimum Gasteiger partial charge on any atom is -0.492 e. The summed E-state index contributed by atoms with van der Waals surface area (Å²) in [5, 5.41) is 6.34. The molecule has 3 heterocycles. The lowest BCUT2D eigenvalue weighted by Crippen LogP contribution is -2.32. The molecule has 1 aliphatic rings. The smallest absolute Gasteiger partial charge is 0.255 e. The Bertz CT molecular complexity index is 1860. The number of hydrogen-bond acceptors (Lipinski definition) is 9. The summed E-state index contributed by atoms with van der Waals surface area (Å²) < 4.78 is 32.4. The molecule has 1 aliphatic heterocycles. The predicted octanol–water partition coefficient (Wildman–Crippen LogP) is 6.21. The molecular formula is C34H43N7O4S. The second-order valence-corrected chi connectivity index (χ2v) is 14.6. The number of aryl methyl sites for hydroxylation is 1. The molecule has 0 unspecified atom stereocenters. The van der Waals surface area contributed by atoms with Gasteiger partial charge in [0.05, 0.1) is 30.3 Å². The number of sulfonamides is 1. The minimum absolute atomic E-state index is 0.215. The van der Waals surface area contributed by atoms with E-state index in [0.717, 1.165) is 61.1 Å². The summed E-state index contributed by atoms with van der Waals surface area (Å²) in [6, 6.07) is 13.0. The third-order valence-electron chi connectivity index (χ3n) is 8.41. The van der Waals surface area contributed by atoms with Crippen molar-refractivity contribution in [3.8, 4) is 5.75 Å². The van der Waals surface area contributed by atoms with Crippen LogP contribution in [0.3, 0.4) is 0 Å². The van der Waals surface area contributed by atoms with Gasteiger partial charge < -0.3 is 20.3 Å². The molecule has 12 heteroatoms. The van der Waals surface area contributed by atoms with Gasteiger partial charge in [0, 0.05) is 22.9 Å². The average molecular weight is 646 g/mol. The van der Waals surface area contributed by atoms with E-state index in [-0.39, 0.29) is 22.8 Å². The number of methoxy groups -OCH3 is 1. The highest BCUT2D eigenvalue weighted by Crippen LogP contribution is 2.39. The van der Waals surface area contributed by atoms with Crippen LogP contribution in [0, 0.1) is 6.92 Å². The summed E-state index contributed by atoms with van der Waals surface area (Å²) in [5.74, 6) is 0.779. The van der Waals surface area contributed by atoms with Gasteiger partial charge in [0.25, 0.3) is 5.91 Å². The molecule has 0 aliphatic carbocycles. The van der Waals surface area contributed by atoms with Crippen molar-refractivity contribution in [2.24, 2.45) is 0 Å². The number of piperidine rings is 1. The molecule has 4 aromatic rings. The number of hydrogen-bond donors (Lipinski definition) is 3. The number of rotatable bonds is 9. The Labute approximate surface area is 271 Å². The Morgan fingerprint density at radius 3 is 2.39 bits per heavy atom. The van der Waals surface area contributed by atoms with Crippen molar-refractivity contribution in [3.05, 3.63) is 71.2 Å². The van der Waals surface area contributed by atoms with Gasteiger partial charge in [0.2, 0.25) is 10.0 Å². The number of carbonyl (C=O) groups is 1. The Hall–Kier alpha value is -4.29. The zero-order valence-corrected chi connectivity index (χ0v) is 28.4. The fraction of sp³-hybridized carbons (Fsp3) is 0.412. The van der Waals surface area contributed by atoms with E-state index in [1.54, 1.807) is 24.3 Å². The van der Waals surface area contributed by atoms with Crippen LogP contribution in [0.1, 0.15) is 73.6 Å². The number of fused-ring (bicyclic) bond motifs is 1. The van der Waals surface area contributed by atoms with E-state index >= 15 is 0 Å². The number of likely N-dealkylation sites (tertiary alicyclic amines) is 1. The Morgan fingerprint density at radius 2 is 1.74 bits per heavy atom. The van der Waals surface area contributed by atoms with Crippen LogP contribution in [0.2, 0.25) is 0 Å². The van der Waals surface area contributed by atoms with Crippen molar-refractivity contribution in [1.82, 2.24) is 19.9 Å². The van der Waals surface area contributed by atoms with Gasteiger partial charge in [0.1, 0.15) is 11.8 Å². The molecule has 2 aromatic carbocycles. The summed E-state index contributed by atoms with van der Waals surface area (Å²) in [7, 11) is -2.17. The number of aromatic nitrogens is 3. The van der Waals surface area contributed by atoms with Crippen LogP contribution in [-0.4, -0.2) is 67.2 Å². The molecule has 46 heavy (non-hydrogen) atoms. The number of nitrogens with zero attached hydrogens (tertiary/aromatic N) is 4. The maximum atomic E-state index is 13.7. The molecule has 244 valence electrons. The lowest BCUT2D eigenvalue weighted by Gasteiger charge is -2.30. The highest BCUT2D eigenvalue weighted by atomic mass is 32.2. The van der Waals surface area contributed by atoms with Gasteiger partial charge in [-0.25, -0.2) is 23.4 Å². The number of amides is 1. The second-order valence-electron chi connectivity index (χ2n) is 12.9. The van der Waals surface area contributed by atoms with Crippen molar-refractivity contribution in [3.63, 3.8) is 0 Å². The molecule has 0 saturated carbocycles. The van der Waals surface area contributed by atoms with E-state index < -0.39 is 10.0 Å². The molecule has 0 atom stereocenters. The van der Waals surface area contributed by atoms with Gasteiger partial charge in [-0.05, 0) is 92.3 Å². The minimum atomic E-state index is -3.61. The van der Waals surface area contributed by atoms with E-state index in [9.17, 15) is 13.2 Å². The fourth-order valence-electron chi connectivity index (χ4n) is 5.69. The first-order chi connectivity index (χ1) is 21.8. The molecule has 3 N–H and O–H groups in total. The van der Waals surface area contributed by atoms with Gasteiger partial charge in [0.15, 0.2) is 11.6 Å². The molecule has 0 spiro atoms. The first kappa shape index (κ1) is 33.1. The summed E-state index contributed by atoms with van der Waals surface area (Å²) in [6.07, 6.45) is 4.71. The Kier molecular flexibility index (Phi) is 9.50. The zero-order chi connectivity index (χ0) is 33.2. The summed E-state index contributed by atoms with van der Waals surface area (Å²) in [4.78, 5) is 30.1. The van der Waals surface area contributed by atoms with Crippen molar-refractivity contribution < 1.29 is 17.9 Å². The van der Waals surface area contributed by atoms with Crippen LogP contribution < -0.4 is 20.1 Å². The Morgan fingerprint density at radius 1 is 1.02 bits per heavy atom. The molecule has 0 bridgehead atoms. The average Bonchev–Trinajstić information content (AvgIpc) is 3.00. The summed E-state index contributed by atoms with van der Waals surface area (Å²) in [6.45, 7) is 13.4. The molecule has 5 rings (SSSR count). The largest absolute Gasteiger partial charge is 0.492 e. The van der Waals surface area contributed by atoms with Gasteiger partial charge in [-0.15, -0.1) is 0 Å². The van der Waals surface area contributed by atoms with Gasteiger partial charge in [-0.1, -0.05) is 33.8 Å². The van der Waals surface area contributed by atoms with Gasteiger partial charge >= 0.3 is 0 Å². The van der Waals surface area contributed by atoms with E-state index in [2.05, 4.69) is 43.2 Å². The second kappa shape index (κ2) is 13.2. The molecular weight excluding hydrogens is 602 g/mol. The van der Waals surface area contributed by atoms with Crippen molar-refractivity contribution in [2.75, 3.05) is 48.4 Å². The highest BCUT2D eigenvalue weighted by Gasteiger charge is 2.24. The topological polar surface area (TPSA) is 138 Å². The third kappa shape index (κ3) is 7.56. The van der Waals surface area contributed by atoms with E-state index in [4.69, 9.17) is 9.72 Å². The van der Waals surface area contributed by atoms with Crippen LogP contribution in [0.4, 0.5) is 22.9 Å². The Balaban J connectivity index is 1.44. The number of anilines is 4. The summed E-state index contributed by atoms with van der Waals surface area (Å²) >= 11 is 0. The monoisotopic (exact) mass is 645 g/mol. The number of pyridine rings is 1. The fourth-order valence-corrected chi connectivity index (χ4v) is 6.24. The van der Waals surface area contributed by atoms with Gasteiger partial charge in [-0.2, -0.15) is 0 Å². The molecule has 1 amide bonds. The van der Waals surface area contributed by atoms with Crippen molar-refractivity contribution >= 4 is 49.8 Å². The van der Waals surface area contributed by atoms with Crippen molar-refractivity contribution in [1.29, 1.82) is 0 Å². The van der Waals surface area contributed by atoms with Crippen LogP contribution in [-0.2, 0) is 15.4 Å². The van der Waals surface area contributed by atoms with E-state index in [0.29, 0.717) is 34.2 Å². The molecule has 1 saturated heterocycles. The van der Waals surface area contributed by atoms with Crippen LogP contribution in [0.15, 0.2) is 48.8 Å². The first-order valence-corrected chi connectivity index (χ1v) is 17.4. The maximum Gasteiger partial charge on any atom is 0.255 e. The number of carbonyl (C=O) groups excluding carboxylic acids is 1. The normalized spacial score (nSPS) is 14.7. The SMILES string of the molecule is CCN1CCC(c2ccc3ncnc(Nc4cc(C(=O)Nc5cc(C(C)(C)C)cc(NS(C)(=O)=O)c5OC)ccc4C)c3n2)CC1. The first-order valence-electron chi connectivity index (χ1n) is 15.5. The quantitative estimate of drug-likeness (QED) is 0.194. The van der Waals surface area contributed by atoms with E-state index in [1.807, 2.05) is 39.8 Å². The number of benzene rings is 2. The van der Waals surface area contributed by atoms with Crippen molar-refractivity contribution in [2.45, 2.75) is 58.8 Å². The zero-order valence-electron chi connectivity index (χ0n) is 27.6. The van der Waals surface area contributed by atoms with Crippen LogP contribution in [0.5, 0.6) is 5.75 Å². The van der Waals surface area contributed by atoms with Crippen LogP contribution >= 0.6 is 0 Å². The number of ether oxygens (including phenoxy) is 1. The molecule has 2 aromatic heterocycles. The summed E-state index contributed by atoms with van der Waals surface area (Å²) in [5.41, 5.74) is 5.56. The molecule has 0 radical (unpaired) electrons. The van der Waals surface area contributed by atoms with Crippen LogP contribution in [0.25, 0.3) is 11.0 Å². The molecule has 1 fully saturated rings. The standard InChI is InChI=1S/C34H43N7O4S/c1-8-41-15-13-22(14-16-41)25-11-12-26-30(37-25)32(36-20-35-26)38-27-17-23(10-9-21(27)2)33(42)39-28-18-24(34(3,4)5)19-29(31(28)45-6)40-46(7,43)44/h9-12,17-20,22,40H,8,13-16H2,1-7H3,(H,39,42)(H,35,36,38). The van der Waals surface area contributed by atoms with E-state index in [1.165, 1.54) is 13.4 Å². The molecule has 11 nitrogen and oxygen atoms in total. The van der Waals surface area contributed by atoms with Gasteiger partial charge in [-0.3, -0.25) is 9.52 Å². The maximum absolute atomic E-state index is 13.7. The highest BCUT2D eigenvalue weighted by molar-refractivity contribution is 7.92.